The molecule has 0 fully saturated rings. The summed E-state index contributed by atoms with van der Waals surface area (Å²) in [7, 11) is 0. The van der Waals surface area contributed by atoms with E-state index < -0.39 is 4.92 Å². The molecule has 0 radical (unpaired) electrons. The molecule has 0 unspecified atom stereocenters. The lowest BCUT2D eigenvalue weighted by molar-refractivity contribution is -0.389. The minimum absolute atomic E-state index is 0.210. The van der Waals surface area contributed by atoms with E-state index in [0.717, 1.165) is 5.56 Å². The standard InChI is InChI=1S/C17H13FN4O4/c18-12-3-1-11(2-4-12)15-6-5-13(7-19-15)26-14-8-21-9-16(22(23)24)20-17(21)25-10-14/h1-7,9,14H,8,10H2/t14-/m0/s1. The highest BCUT2D eigenvalue weighted by atomic mass is 19.1. The molecule has 1 aliphatic heterocycles. The van der Waals surface area contributed by atoms with Gasteiger partial charge in [-0.1, -0.05) is 0 Å². The first-order valence-corrected chi connectivity index (χ1v) is 7.81. The maximum atomic E-state index is 13.0. The Bertz CT molecular complexity index is 940. The summed E-state index contributed by atoms with van der Waals surface area (Å²) < 4.78 is 25.8. The van der Waals surface area contributed by atoms with E-state index in [1.807, 2.05) is 0 Å². The Morgan fingerprint density at radius 3 is 2.77 bits per heavy atom. The summed E-state index contributed by atoms with van der Waals surface area (Å²) in [5.41, 5.74) is 1.50. The van der Waals surface area contributed by atoms with Crippen molar-refractivity contribution in [2.24, 2.45) is 0 Å². The summed E-state index contributed by atoms with van der Waals surface area (Å²) in [6, 6.07) is 9.81. The number of fused-ring (bicyclic) bond motifs is 1. The number of nitro groups is 1. The lowest BCUT2D eigenvalue weighted by atomic mass is 10.1. The van der Waals surface area contributed by atoms with Gasteiger partial charge in [0.15, 0.2) is 6.10 Å². The number of benzene rings is 1. The van der Waals surface area contributed by atoms with Gasteiger partial charge in [-0.15, -0.1) is 0 Å². The second kappa shape index (κ2) is 6.43. The van der Waals surface area contributed by atoms with E-state index in [1.165, 1.54) is 18.3 Å². The first-order valence-electron chi connectivity index (χ1n) is 7.81. The Hall–Kier alpha value is -3.49. The first kappa shape index (κ1) is 16.0. The fourth-order valence-corrected chi connectivity index (χ4v) is 2.66. The fourth-order valence-electron chi connectivity index (χ4n) is 2.66. The Kier molecular flexibility index (Phi) is 3.96. The molecule has 0 bridgehead atoms. The smallest absolute Gasteiger partial charge is 0.414 e. The summed E-state index contributed by atoms with van der Waals surface area (Å²) in [6.45, 7) is 0.615. The van der Waals surface area contributed by atoms with Gasteiger partial charge in [0.25, 0.3) is 0 Å². The Morgan fingerprint density at radius 1 is 1.27 bits per heavy atom. The molecule has 26 heavy (non-hydrogen) atoms. The van der Waals surface area contributed by atoms with E-state index in [4.69, 9.17) is 9.47 Å². The Balaban J connectivity index is 1.44. The SMILES string of the molecule is O=[N+]([O-])c1cn2c(n1)OC[C@@H](Oc1ccc(-c3ccc(F)cc3)nc1)C2. The fraction of sp³-hybridized carbons (Fsp3) is 0.176. The van der Waals surface area contributed by atoms with Gasteiger partial charge in [0.2, 0.25) is 0 Å². The molecule has 2 aromatic heterocycles. The third-order valence-electron chi connectivity index (χ3n) is 3.89. The van der Waals surface area contributed by atoms with Crippen LogP contribution in [-0.4, -0.2) is 32.2 Å². The molecule has 0 aliphatic carbocycles. The minimum Gasteiger partial charge on any atom is -0.483 e. The number of rotatable bonds is 4. The van der Waals surface area contributed by atoms with Crippen molar-refractivity contribution in [2.45, 2.75) is 12.6 Å². The molecule has 0 N–H and O–H groups in total. The summed E-state index contributed by atoms with van der Waals surface area (Å²) in [4.78, 5) is 18.3. The third-order valence-corrected chi connectivity index (χ3v) is 3.89. The molecule has 9 heteroatoms. The van der Waals surface area contributed by atoms with Gasteiger partial charge in [0, 0.05) is 10.5 Å². The average molecular weight is 356 g/mol. The van der Waals surface area contributed by atoms with Crippen LogP contribution >= 0.6 is 0 Å². The summed E-state index contributed by atoms with van der Waals surface area (Å²) >= 11 is 0. The van der Waals surface area contributed by atoms with Gasteiger partial charge in [0.1, 0.15) is 24.4 Å². The summed E-state index contributed by atoms with van der Waals surface area (Å²) in [5, 5.41) is 10.8. The minimum atomic E-state index is -0.567. The van der Waals surface area contributed by atoms with Crippen LogP contribution in [0.5, 0.6) is 11.8 Å². The maximum Gasteiger partial charge on any atom is 0.414 e. The predicted octanol–water partition coefficient (Wildman–Crippen LogP) is 2.83. The molecule has 1 aliphatic rings. The molecule has 0 saturated heterocycles. The third kappa shape index (κ3) is 3.18. The molecular formula is C17H13FN4O4. The maximum absolute atomic E-state index is 13.0. The summed E-state index contributed by atoms with van der Waals surface area (Å²) in [5.74, 6) is -0.0152. The van der Waals surface area contributed by atoms with Gasteiger partial charge in [-0.2, -0.15) is 0 Å². The molecule has 4 rings (SSSR count). The molecular weight excluding hydrogens is 343 g/mol. The van der Waals surface area contributed by atoms with E-state index in [9.17, 15) is 14.5 Å². The topological polar surface area (TPSA) is 92.3 Å². The molecule has 0 spiro atoms. The van der Waals surface area contributed by atoms with Crippen LogP contribution in [0, 0.1) is 15.9 Å². The van der Waals surface area contributed by atoms with Crippen molar-refractivity contribution in [3.63, 3.8) is 0 Å². The number of aromatic nitrogens is 3. The van der Waals surface area contributed by atoms with Gasteiger partial charge in [-0.25, -0.2) is 4.39 Å². The van der Waals surface area contributed by atoms with Gasteiger partial charge in [-0.05, 0) is 41.3 Å². The van der Waals surface area contributed by atoms with Crippen LogP contribution in [0.15, 0.2) is 48.8 Å². The van der Waals surface area contributed by atoms with Crippen molar-refractivity contribution in [1.82, 2.24) is 14.5 Å². The highest BCUT2D eigenvalue weighted by molar-refractivity contribution is 5.59. The van der Waals surface area contributed by atoms with Gasteiger partial charge >= 0.3 is 11.8 Å². The van der Waals surface area contributed by atoms with Crippen molar-refractivity contribution >= 4 is 5.82 Å². The van der Waals surface area contributed by atoms with Crippen molar-refractivity contribution in [3.05, 3.63) is 64.7 Å². The molecule has 3 aromatic rings. The second-order valence-corrected chi connectivity index (χ2v) is 5.73. The number of imidazole rings is 1. The van der Waals surface area contributed by atoms with Gasteiger partial charge in [-0.3, -0.25) is 9.55 Å². The number of hydrogen-bond acceptors (Lipinski definition) is 6. The Morgan fingerprint density at radius 2 is 2.08 bits per heavy atom. The molecule has 8 nitrogen and oxygen atoms in total. The van der Waals surface area contributed by atoms with E-state index in [0.29, 0.717) is 18.0 Å². The van der Waals surface area contributed by atoms with Crippen molar-refractivity contribution in [3.8, 4) is 23.0 Å². The predicted molar refractivity (Wildman–Crippen MR) is 88.4 cm³/mol. The quantitative estimate of drug-likeness (QED) is 0.527. The normalized spacial score (nSPS) is 15.8. The zero-order chi connectivity index (χ0) is 18.1. The Labute approximate surface area is 147 Å². The molecule has 132 valence electrons. The molecule has 3 heterocycles. The lowest BCUT2D eigenvalue weighted by Gasteiger charge is -2.23. The van der Waals surface area contributed by atoms with Crippen molar-refractivity contribution in [1.29, 1.82) is 0 Å². The molecule has 1 aromatic carbocycles. The van der Waals surface area contributed by atoms with E-state index in [-0.39, 0.29) is 30.4 Å². The highest BCUT2D eigenvalue weighted by Gasteiger charge is 2.28. The van der Waals surface area contributed by atoms with Crippen LogP contribution in [0.2, 0.25) is 0 Å². The number of pyridine rings is 1. The van der Waals surface area contributed by atoms with Crippen LogP contribution in [0.4, 0.5) is 10.2 Å². The van der Waals surface area contributed by atoms with Crippen LogP contribution < -0.4 is 9.47 Å². The summed E-state index contributed by atoms with van der Waals surface area (Å²) in [6.07, 6.45) is 2.57. The number of ether oxygens (including phenoxy) is 2. The van der Waals surface area contributed by atoms with Crippen LogP contribution in [0.25, 0.3) is 11.3 Å². The monoisotopic (exact) mass is 356 g/mol. The van der Waals surface area contributed by atoms with Crippen molar-refractivity contribution < 1.29 is 18.8 Å². The second-order valence-electron chi connectivity index (χ2n) is 5.73. The van der Waals surface area contributed by atoms with Crippen molar-refractivity contribution in [2.75, 3.05) is 6.61 Å². The zero-order valence-electron chi connectivity index (χ0n) is 13.4. The molecule has 1 atom stereocenters. The largest absolute Gasteiger partial charge is 0.483 e. The van der Waals surface area contributed by atoms with E-state index >= 15 is 0 Å². The number of hydrogen-bond donors (Lipinski definition) is 0. The van der Waals surface area contributed by atoms with E-state index in [1.54, 1.807) is 35.0 Å². The highest BCUT2D eigenvalue weighted by Crippen LogP contribution is 2.24. The number of nitrogens with zero attached hydrogens (tertiary/aromatic N) is 4. The number of halogens is 1. The van der Waals surface area contributed by atoms with Gasteiger partial charge in [0.05, 0.1) is 18.4 Å². The average Bonchev–Trinajstić information content (AvgIpc) is 3.07. The zero-order valence-corrected chi connectivity index (χ0v) is 13.4. The molecule has 0 amide bonds. The first-order chi connectivity index (χ1) is 12.6. The van der Waals surface area contributed by atoms with Crippen LogP contribution in [-0.2, 0) is 6.54 Å². The van der Waals surface area contributed by atoms with Crippen LogP contribution in [0.1, 0.15) is 0 Å². The van der Waals surface area contributed by atoms with Crippen LogP contribution in [0.3, 0.4) is 0 Å². The molecule has 0 saturated carbocycles. The van der Waals surface area contributed by atoms with Gasteiger partial charge < -0.3 is 19.6 Å². The van der Waals surface area contributed by atoms with E-state index in [2.05, 4.69) is 9.97 Å². The lowest BCUT2D eigenvalue weighted by Crippen LogP contribution is -2.34.